The lowest BCUT2D eigenvalue weighted by Gasteiger charge is -2.36. The number of nitrogens with zero attached hydrogens (tertiary/aromatic N) is 2. The van der Waals surface area contributed by atoms with Crippen LogP contribution < -0.4 is 10.2 Å². The molecule has 0 spiro atoms. The molecule has 1 heterocycles. The van der Waals surface area contributed by atoms with Crippen molar-refractivity contribution in [2.24, 2.45) is 11.8 Å². The number of benzene rings is 1. The smallest absolute Gasteiger partial charge is 0.308 e. The zero-order valence-electron chi connectivity index (χ0n) is 16.9. The van der Waals surface area contributed by atoms with Crippen LogP contribution in [0, 0.1) is 11.8 Å². The molecule has 0 radical (unpaired) electrons. The molecule has 0 unspecified atom stereocenters. The van der Waals surface area contributed by atoms with Gasteiger partial charge in [0.05, 0.1) is 13.0 Å². The number of piperazine rings is 1. The average molecular weight is 388 g/mol. The van der Waals surface area contributed by atoms with Crippen molar-refractivity contribution in [1.82, 2.24) is 10.2 Å². The first-order valence-corrected chi connectivity index (χ1v) is 10.5. The van der Waals surface area contributed by atoms with Crippen molar-refractivity contribution in [3.05, 3.63) is 30.3 Å². The fraction of sp³-hybridized carbons (Fsp3) is 0.636. The van der Waals surface area contributed by atoms with Crippen LogP contribution in [-0.2, 0) is 14.3 Å². The number of para-hydroxylation sites is 1. The topological polar surface area (TPSA) is 61.9 Å². The van der Waals surface area contributed by atoms with Crippen molar-refractivity contribution >= 4 is 17.6 Å². The van der Waals surface area contributed by atoms with E-state index in [4.69, 9.17) is 4.74 Å². The van der Waals surface area contributed by atoms with E-state index < -0.39 is 0 Å². The predicted molar refractivity (Wildman–Crippen MR) is 110 cm³/mol. The lowest BCUT2D eigenvalue weighted by molar-refractivity contribution is -0.147. The lowest BCUT2D eigenvalue weighted by Crippen LogP contribution is -2.47. The highest BCUT2D eigenvalue weighted by atomic mass is 16.5. The molecule has 0 bridgehead atoms. The summed E-state index contributed by atoms with van der Waals surface area (Å²) in [6.45, 7) is 6.01. The first-order chi connectivity index (χ1) is 13.7. The molecule has 1 aromatic carbocycles. The first-order valence-electron chi connectivity index (χ1n) is 10.5. The summed E-state index contributed by atoms with van der Waals surface area (Å²) in [6, 6.07) is 10.6. The Balaban J connectivity index is 1.27. The van der Waals surface area contributed by atoms with E-state index in [-0.39, 0.29) is 23.7 Å². The summed E-state index contributed by atoms with van der Waals surface area (Å²) in [5.41, 5.74) is 1.30. The summed E-state index contributed by atoms with van der Waals surface area (Å²) in [5.74, 6) is 0.0439. The highest BCUT2D eigenvalue weighted by molar-refractivity contribution is 5.79. The molecule has 1 saturated carbocycles. The number of nitrogens with one attached hydrogen (secondary N) is 1. The van der Waals surface area contributed by atoms with Crippen LogP contribution >= 0.6 is 0 Å². The Morgan fingerprint density at radius 3 is 2.29 bits per heavy atom. The van der Waals surface area contributed by atoms with E-state index in [9.17, 15) is 9.59 Å². The lowest BCUT2D eigenvalue weighted by atomic mass is 9.81. The molecule has 1 amide bonds. The molecule has 1 saturated heterocycles. The molecule has 1 N–H and O–H groups in total. The largest absolute Gasteiger partial charge is 0.469 e. The van der Waals surface area contributed by atoms with E-state index in [1.165, 1.54) is 12.8 Å². The minimum absolute atomic E-state index is 0.0244. The molecular formula is C22H33N3O3. The molecule has 2 aliphatic rings. The minimum Gasteiger partial charge on any atom is -0.469 e. The van der Waals surface area contributed by atoms with Gasteiger partial charge in [-0.25, -0.2) is 0 Å². The molecule has 1 aliphatic carbocycles. The maximum atomic E-state index is 12.3. The predicted octanol–water partition coefficient (Wildman–Crippen LogP) is 2.29. The minimum atomic E-state index is -0.133. The van der Waals surface area contributed by atoms with Crippen LogP contribution in [0.3, 0.4) is 0 Å². The van der Waals surface area contributed by atoms with Gasteiger partial charge in [-0.3, -0.25) is 14.5 Å². The molecule has 0 atom stereocenters. The van der Waals surface area contributed by atoms with E-state index in [0.29, 0.717) is 0 Å². The van der Waals surface area contributed by atoms with Gasteiger partial charge in [-0.05, 0) is 50.8 Å². The normalized spacial score (nSPS) is 23.2. The third kappa shape index (κ3) is 5.71. The zero-order chi connectivity index (χ0) is 19.8. The standard InChI is InChI=1S/C22H33N3O3/c1-28-22(27)19-10-8-18(9-11-19)21(26)23-12-5-13-24-14-16-25(17-15-24)20-6-3-2-4-7-20/h2-4,6-7,18-19H,5,8-17H2,1H3,(H,23,26). The Morgan fingerprint density at radius 1 is 1.00 bits per heavy atom. The van der Waals surface area contributed by atoms with Crippen LogP contribution in [0.1, 0.15) is 32.1 Å². The van der Waals surface area contributed by atoms with Gasteiger partial charge in [0, 0.05) is 44.3 Å². The number of amides is 1. The molecule has 28 heavy (non-hydrogen) atoms. The highest BCUT2D eigenvalue weighted by Gasteiger charge is 2.30. The second kappa shape index (κ2) is 10.5. The number of hydrogen-bond acceptors (Lipinski definition) is 5. The van der Waals surface area contributed by atoms with E-state index in [1.807, 2.05) is 0 Å². The quantitative estimate of drug-likeness (QED) is 0.575. The molecule has 2 fully saturated rings. The van der Waals surface area contributed by atoms with Crippen LogP contribution in [0.15, 0.2) is 30.3 Å². The molecule has 6 heteroatoms. The summed E-state index contributed by atoms with van der Waals surface area (Å²) in [5, 5.41) is 3.09. The molecule has 6 nitrogen and oxygen atoms in total. The number of anilines is 1. The maximum absolute atomic E-state index is 12.3. The summed E-state index contributed by atoms with van der Waals surface area (Å²) >= 11 is 0. The van der Waals surface area contributed by atoms with Gasteiger partial charge in [0.1, 0.15) is 0 Å². The Kier molecular flexibility index (Phi) is 7.71. The van der Waals surface area contributed by atoms with Crippen molar-refractivity contribution in [3.63, 3.8) is 0 Å². The Labute approximate surface area is 168 Å². The second-order valence-electron chi connectivity index (χ2n) is 7.88. The average Bonchev–Trinajstić information content (AvgIpc) is 2.77. The number of esters is 1. The summed E-state index contributed by atoms with van der Waals surface area (Å²) in [7, 11) is 1.43. The Morgan fingerprint density at radius 2 is 1.64 bits per heavy atom. The number of ether oxygens (including phenoxy) is 1. The summed E-state index contributed by atoms with van der Waals surface area (Å²) < 4.78 is 4.81. The molecule has 3 rings (SSSR count). The third-order valence-electron chi connectivity index (χ3n) is 6.08. The Bertz CT molecular complexity index is 621. The SMILES string of the molecule is COC(=O)C1CCC(C(=O)NCCCN2CCN(c3ccccc3)CC2)CC1. The molecule has 1 aliphatic heterocycles. The van der Waals surface area contributed by atoms with Gasteiger partial charge in [-0.15, -0.1) is 0 Å². The van der Waals surface area contributed by atoms with E-state index in [2.05, 4.69) is 45.4 Å². The maximum Gasteiger partial charge on any atom is 0.308 e. The van der Waals surface area contributed by atoms with Crippen LogP contribution in [0.4, 0.5) is 5.69 Å². The van der Waals surface area contributed by atoms with E-state index in [0.717, 1.165) is 71.4 Å². The Hall–Kier alpha value is -2.08. The van der Waals surface area contributed by atoms with Crippen molar-refractivity contribution in [2.45, 2.75) is 32.1 Å². The van der Waals surface area contributed by atoms with Gasteiger partial charge >= 0.3 is 5.97 Å². The summed E-state index contributed by atoms with van der Waals surface area (Å²) in [6.07, 6.45) is 4.07. The number of methoxy groups -OCH3 is 1. The van der Waals surface area contributed by atoms with E-state index in [1.54, 1.807) is 0 Å². The van der Waals surface area contributed by atoms with Crippen LogP contribution in [0.25, 0.3) is 0 Å². The number of carbonyl (C=O) groups excluding carboxylic acids is 2. The molecule has 0 aromatic heterocycles. The van der Waals surface area contributed by atoms with Crippen molar-refractivity contribution < 1.29 is 14.3 Å². The van der Waals surface area contributed by atoms with Gasteiger partial charge in [-0.1, -0.05) is 18.2 Å². The van der Waals surface area contributed by atoms with Gasteiger partial charge < -0.3 is 15.0 Å². The van der Waals surface area contributed by atoms with Gasteiger partial charge in [-0.2, -0.15) is 0 Å². The number of carbonyl (C=O) groups is 2. The van der Waals surface area contributed by atoms with Gasteiger partial charge in [0.25, 0.3) is 0 Å². The zero-order valence-corrected chi connectivity index (χ0v) is 16.9. The van der Waals surface area contributed by atoms with Crippen molar-refractivity contribution in [1.29, 1.82) is 0 Å². The fourth-order valence-corrected chi connectivity index (χ4v) is 4.29. The van der Waals surface area contributed by atoms with Crippen molar-refractivity contribution in [3.8, 4) is 0 Å². The van der Waals surface area contributed by atoms with Gasteiger partial charge in [0.15, 0.2) is 0 Å². The highest BCUT2D eigenvalue weighted by Crippen LogP contribution is 2.29. The molecule has 1 aromatic rings. The first kappa shape index (κ1) is 20.6. The van der Waals surface area contributed by atoms with Gasteiger partial charge in [0.2, 0.25) is 5.91 Å². The second-order valence-corrected chi connectivity index (χ2v) is 7.88. The third-order valence-corrected chi connectivity index (χ3v) is 6.08. The molecule has 154 valence electrons. The monoisotopic (exact) mass is 387 g/mol. The fourth-order valence-electron chi connectivity index (χ4n) is 4.29. The van der Waals surface area contributed by atoms with Crippen LogP contribution in [0.5, 0.6) is 0 Å². The number of hydrogen-bond donors (Lipinski definition) is 1. The van der Waals surface area contributed by atoms with Crippen molar-refractivity contribution in [2.75, 3.05) is 51.3 Å². The number of rotatable bonds is 7. The van der Waals surface area contributed by atoms with Crippen LogP contribution in [-0.4, -0.2) is 63.2 Å². The molecular weight excluding hydrogens is 354 g/mol. The van der Waals surface area contributed by atoms with Crippen LogP contribution in [0.2, 0.25) is 0 Å². The van der Waals surface area contributed by atoms with E-state index >= 15 is 0 Å². The summed E-state index contributed by atoms with van der Waals surface area (Å²) in [4.78, 5) is 28.8.